The molecule has 1 aliphatic rings. The summed E-state index contributed by atoms with van der Waals surface area (Å²) in [4.78, 5) is 16.0. The fraction of sp³-hybridized carbons (Fsp3) is 0.150. The van der Waals surface area contributed by atoms with Gasteiger partial charge in [-0.25, -0.2) is 9.67 Å². The molecule has 1 aromatic heterocycles. The van der Waals surface area contributed by atoms with E-state index in [1.807, 2.05) is 24.3 Å². The standard InChI is InChI=1S/C20H17ClN4O3/c21-17-7-16(8-18-20(17)28-13-27-18)5-6-19(26)23-9-14-1-3-15(4-2-14)10-25-12-22-11-24-25/h1-8,11-12H,9-10,13H2,(H,23,26)/b6-5+. The van der Waals surface area contributed by atoms with Crippen LogP contribution in [0.5, 0.6) is 11.5 Å². The summed E-state index contributed by atoms with van der Waals surface area (Å²) in [6, 6.07) is 11.5. The number of carbonyl (C=O) groups is 1. The Balaban J connectivity index is 1.31. The fourth-order valence-corrected chi connectivity index (χ4v) is 3.04. The van der Waals surface area contributed by atoms with Crippen molar-refractivity contribution in [3.8, 4) is 11.5 Å². The zero-order chi connectivity index (χ0) is 19.3. The van der Waals surface area contributed by atoms with E-state index in [2.05, 4.69) is 15.4 Å². The van der Waals surface area contributed by atoms with Crippen molar-refractivity contribution in [1.29, 1.82) is 0 Å². The maximum absolute atomic E-state index is 12.1. The van der Waals surface area contributed by atoms with Crippen LogP contribution < -0.4 is 14.8 Å². The number of nitrogens with one attached hydrogen (secondary N) is 1. The van der Waals surface area contributed by atoms with Gasteiger partial charge in [-0.3, -0.25) is 4.79 Å². The Bertz CT molecular complexity index is 1000. The minimum absolute atomic E-state index is 0.153. The molecule has 0 bridgehead atoms. The molecule has 3 aromatic rings. The first-order valence-corrected chi connectivity index (χ1v) is 9.00. The number of aromatic nitrogens is 3. The normalized spacial score (nSPS) is 12.5. The van der Waals surface area contributed by atoms with Crippen LogP contribution in [0.25, 0.3) is 6.08 Å². The molecule has 1 aliphatic heterocycles. The van der Waals surface area contributed by atoms with Crippen LogP contribution in [0.2, 0.25) is 5.02 Å². The van der Waals surface area contributed by atoms with E-state index in [9.17, 15) is 4.79 Å². The molecule has 1 N–H and O–H groups in total. The molecule has 0 radical (unpaired) electrons. The van der Waals surface area contributed by atoms with Gasteiger partial charge in [-0.05, 0) is 34.9 Å². The first kappa shape index (κ1) is 18.1. The largest absolute Gasteiger partial charge is 0.454 e. The number of hydrogen-bond donors (Lipinski definition) is 1. The van der Waals surface area contributed by atoms with Crippen molar-refractivity contribution in [2.24, 2.45) is 0 Å². The van der Waals surface area contributed by atoms with Gasteiger partial charge in [0.25, 0.3) is 0 Å². The van der Waals surface area contributed by atoms with Gasteiger partial charge in [-0.15, -0.1) is 0 Å². The van der Waals surface area contributed by atoms with Crippen molar-refractivity contribution in [3.05, 3.63) is 76.8 Å². The molecule has 28 heavy (non-hydrogen) atoms. The minimum Gasteiger partial charge on any atom is -0.454 e. The van der Waals surface area contributed by atoms with E-state index in [-0.39, 0.29) is 12.7 Å². The maximum atomic E-state index is 12.1. The van der Waals surface area contributed by atoms with Gasteiger partial charge in [0.2, 0.25) is 12.7 Å². The number of rotatable bonds is 6. The molecule has 0 atom stereocenters. The third-order valence-electron chi connectivity index (χ3n) is 4.18. The lowest BCUT2D eigenvalue weighted by molar-refractivity contribution is -0.116. The Morgan fingerprint density at radius 2 is 2.04 bits per heavy atom. The van der Waals surface area contributed by atoms with E-state index in [1.54, 1.807) is 29.2 Å². The number of hydrogen-bond acceptors (Lipinski definition) is 5. The van der Waals surface area contributed by atoms with Crippen LogP contribution >= 0.6 is 11.6 Å². The highest BCUT2D eigenvalue weighted by atomic mass is 35.5. The van der Waals surface area contributed by atoms with Crippen molar-refractivity contribution in [2.75, 3.05) is 6.79 Å². The number of amides is 1. The monoisotopic (exact) mass is 396 g/mol. The van der Waals surface area contributed by atoms with Crippen LogP contribution in [0.1, 0.15) is 16.7 Å². The molecule has 0 unspecified atom stereocenters. The number of ether oxygens (including phenoxy) is 2. The summed E-state index contributed by atoms with van der Waals surface area (Å²) in [5, 5.41) is 7.40. The fourth-order valence-electron chi connectivity index (χ4n) is 2.77. The quantitative estimate of drug-likeness (QED) is 0.648. The highest BCUT2D eigenvalue weighted by Crippen LogP contribution is 2.40. The van der Waals surface area contributed by atoms with Gasteiger partial charge in [-0.2, -0.15) is 5.10 Å². The second-order valence-electron chi connectivity index (χ2n) is 6.20. The van der Waals surface area contributed by atoms with Crippen LogP contribution in [0, 0.1) is 0 Å². The predicted octanol–water partition coefficient (Wildman–Crippen LogP) is 3.04. The van der Waals surface area contributed by atoms with Gasteiger partial charge in [0, 0.05) is 12.6 Å². The molecule has 0 aliphatic carbocycles. The van der Waals surface area contributed by atoms with E-state index in [0.717, 1.165) is 16.7 Å². The van der Waals surface area contributed by atoms with Gasteiger partial charge >= 0.3 is 0 Å². The van der Waals surface area contributed by atoms with E-state index in [0.29, 0.717) is 29.6 Å². The molecule has 4 rings (SSSR count). The van der Waals surface area contributed by atoms with Crippen molar-refractivity contribution in [1.82, 2.24) is 20.1 Å². The average Bonchev–Trinajstić information content (AvgIpc) is 3.38. The molecule has 142 valence electrons. The van der Waals surface area contributed by atoms with Gasteiger partial charge in [0.15, 0.2) is 11.5 Å². The molecule has 0 fully saturated rings. The second-order valence-corrected chi connectivity index (χ2v) is 6.60. The molecule has 1 amide bonds. The van der Waals surface area contributed by atoms with E-state index >= 15 is 0 Å². The molecule has 8 heteroatoms. The van der Waals surface area contributed by atoms with Crippen LogP contribution in [0.15, 0.2) is 55.1 Å². The van der Waals surface area contributed by atoms with Crippen molar-refractivity contribution in [2.45, 2.75) is 13.1 Å². The van der Waals surface area contributed by atoms with E-state index in [1.165, 1.54) is 12.4 Å². The Morgan fingerprint density at radius 3 is 2.82 bits per heavy atom. The van der Waals surface area contributed by atoms with Crippen LogP contribution in [-0.2, 0) is 17.9 Å². The van der Waals surface area contributed by atoms with Gasteiger partial charge in [-0.1, -0.05) is 35.9 Å². The third kappa shape index (κ3) is 4.32. The van der Waals surface area contributed by atoms with Crippen LogP contribution in [0.3, 0.4) is 0 Å². The third-order valence-corrected chi connectivity index (χ3v) is 4.46. The van der Waals surface area contributed by atoms with Crippen LogP contribution in [-0.4, -0.2) is 27.5 Å². The highest BCUT2D eigenvalue weighted by molar-refractivity contribution is 6.32. The van der Waals surface area contributed by atoms with Gasteiger partial charge in [0.1, 0.15) is 12.7 Å². The summed E-state index contributed by atoms with van der Waals surface area (Å²) in [5.41, 5.74) is 2.89. The molecular formula is C20H17ClN4O3. The molecule has 2 heterocycles. The van der Waals surface area contributed by atoms with E-state index in [4.69, 9.17) is 21.1 Å². The zero-order valence-electron chi connectivity index (χ0n) is 14.8. The lowest BCUT2D eigenvalue weighted by Crippen LogP contribution is -2.20. The lowest BCUT2D eigenvalue weighted by Gasteiger charge is -2.05. The zero-order valence-corrected chi connectivity index (χ0v) is 15.6. The number of fused-ring (bicyclic) bond motifs is 1. The molecule has 2 aromatic carbocycles. The minimum atomic E-state index is -0.194. The first-order valence-electron chi connectivity index (χ1n) is 8.63. The van der Waals surface area contributed by atoms with Gasteiger partial charge < -0.3 is 14.8 Å². The summed E-state index contributed by atoms with van der Waals surface area (Å²) >= 11 is 6.14. The Kier molecular flexibility index (Phi) is 5.25. The topological polar surface area (TPSA) is 78.3 Å². The van der Waals surface area contributed by atoms with E-state index < -0.39 is 0 Å². The molecule has 7 nitrogen and oxygen atoms in total. The maximum Gasteiger partial charge on any atom is 0.244 e. The summed E-state index contributed by atoms with van der Waals surface area (Å²) in [6.45, 7) is 1.25. The first-order chi connectivity index (χ1) is 13.7. The molecule has 0 saturated carbocycles. The molecule has 0 spiro atoms. The Hall–Kier alpha value is -3.32. The summed E-state index contributed by atoms with van der Waals surface area (Å²) in [5.74, 6) is 0.926. The van der Waals surface area contributed by atoms with Crippen LogP contribution in [0.4, 0.5) is 0 Å². The smallest absolute Gasteiger partial charge is 0.244 e. The number of nitrogens with zero attached hydrogens (tertiary/aromatic N) is 3. The highest BCUT2D eigenvalue weighted by Gasteiger charge is 2.17. The van der Waals surface area contributed by atoms with Crippen molar-refractivity contribution >= 4 is 23.6 Å². The lowest BCUT2D eigenvalue weighted by atomic mass is 10.1. The number of halogens is 1. The van der Waals surface area contributed by atoms with Gasteiger partial charge in [0.05, 0.1) is 11.6 Å². The summed E-state index contributed by atoms with van der Waals surface area (Å²) in [7, 11) is 0. The SMILES string of the molecule is O=C(/C=C/c1cc(Cl)c2c(c1)OCO2)NCc1ccc(Cn2cncn2)cc1. The number of benzene rings is 2. The summed E-state index contributed by atoms with van der Waals surface area (Å²) < 4.78 is 12.3. The average molecular weight is 397 g/mol. The Labute approximate surface area is 166 Å². The second kappa shape index (κ2) is 8.14. The number of carbonyl (C=O) groups excluding carboxylic acids is 1. The molecule has 0 saturated heterocycles. The predicted molar refractivity (Wildman–Crippen MR) is 104 cm³/mol. The Morgan fingerprint density at radius 1 is 1.21 bits per heavy atom. The summed E-state index contributed by atoms with van der Waals surface area (Å²) in [6.07, 6.45) is 6.33. The molecular weight excluding hydrogens is 380 g/mol. The van der Waals surface area contributed by atoms with Crippen molar-refractivity contribution < 1.29 is 14.3 Å². The van der Waals surface area contributed by atoms with Crippen molar-refractivity contribution in [3.63, 3.8) is 0 Å².